The maximum atomic E-state index is 12.4. The molecule has 0 heterocycles. The molecule has 0 unspecified atom stereocenters. The van der Waals surface area contributed by atoms with Crippen molar-refractivity contribution in [2.24, 2.45) is 17.8 Å². The number of amides is 2. The van der Waals surface area contributed by atoms with Crippen molar-refractivity contribution < 1.29 is 22.7 Å². The lowest BCUT2D eigenvalue weighted by atomic mass is 9.84. The monoisotopic (exact) mass is 380 g/mol. The van der Waals surface area contributed by atoms with Crippen LogP contribution in [0, 0.1) is 17.8 Å². The Balaban J connectivity index is 1.65. The molecule has 1 aromatic rings. The molecule has 2 saturated carbocycles. The molecule has 142 valence electrons. The van der Waals surface area contributed by atoms with E-state index < -0.39 is 15.9 Å². The Labute approximate surface area is 153 Å². The average Bonchev–Trinajstić information content (AvgIpc) is 3.14. The van der Waals surface area contributed by atoms with Gasteiger partial charge in [-0.05, 0) is 48.8 Å². The second-order valence-corrected chi connectivity index (χ2v) is 9.42. The van der Waals surface area contributed by atoms with Gasteiger partial charge in [-0.1, -0.05) is 12.1 Å². The predicted octanol–water partition coefficient (Wildman–Crippen LogP) is 1.94. The molecule has 0 radical (unpaired) electrons. The molecule has 3 rings (SSSR count). The van der Waals surface area contributed by atoms with Crippen molar-refractivity contribution in [1.29, 1.82) is 0 Å². The average molecular weight is 380 g/mol. The Kier molecular flexibility index (Phi) is 5.22. The van der Waals surface area contributed by atoms with Gasteiger partial charge in [0.2, 0.25) is 0 Å². The minimum atomic E-state index is -3.15. The number of rotatable bonds is 5. The van der Waals surface area contributed by atoms with Gasteiger partial charge < -0.3 is 15.4 Å². The molecular weight excluding hydrogens is 356 g/mol. The lowest BCUT2D eigenvalue weighted by Crippen LogP contribution is -2.48. The quantitative estimate of drug-likeness (QED) is 0.760. The highest BCUT2D eigenvalue weighted by Gasteiger charge is 2.52. The molecule has 26 heavy (non-hydrogen) atoms. The highest BCUT2D eigenvalue weighted by atomic mass is 32.2. The van der Waals surface area contributed by atoms with Gasteiger partial charge in [0.15, 0.2) is 9.84 Å². The maximum absolute atomic E-state index is 12.4. The van der Waals surface area contributed by atoms with E-state index in [9.17, 15) is 18.0 Å². The van der Waals surface area contributed by atoms with Crippen molar-refractivity contribution in [2.75, 3.05) is 18.7 Å². The number of sulfone groups is 1. The SMILES string of the molecule is COC(=O)[C@@H]1[C@H]2CC[C@@H](C2)[C@@H]1NC(=O)Nc1cccc(CS(C)(=O)=O)c1. The van der Waals surface area contributed by atoms with E-state index in [2.05, 4.69) is 10.6 Å². The zero-order valence-corrected chi connectivity index (χ0v) is 15.7. The number of carbonyl (C=O) groups excluding carboxylic acids is 2. The van der Waals surface area contributed by atoms with Crippen LogP contribution in [0.1, 0.15) is 24.8 Å². The lowest BCUT2D eigenvalue weighted by Gasteiger charge is -2.29. The second-order valence-electron chi connectivity index (χ2n) is 7.28. The van der Waals surface area contributed by atoms with Crippen LogP contribution in [0.25, 0.3) is 0 Å². The van der Waals surface area contributed by atoms with Crippen LogP contribution >= 0.6 is 0 Å². The Morgan fingerprint density at radius 2 is 1.96 bits per heavy atom. The summed E-state index contributed by atoms with van der Waals surface area (Å²) in [7, 11) is -1.77. The Morgan fingerprint density at radius 1 is 1.23 bits per heavy atom. The molecule has 0 aliphatic heterocycles. The smallest absolute Gasteiger partial charge is 0.319 e. The van der Waals surface area contributed by atoms with Crippen LogP contribution in [0.4, 0.5) is 10.5 Å². The van der Waals surface area contributed by atoms with Gasteiger partial charge in [-0.3, -0.25) is 4.79 Å². The Morgan fingerprint density at radius 3 is 2.65 bits per heavy atom. The number of benzene rings is 1. The molecule has 2 N–H and O–H groups in total. The summed E-state index contributed by atoms with van der Waals surface area (Å²) in [5, 5.41) is 5.66. The van der Waals surface area contributed by atoms with E-state index in [4.69, 9.17) is 4.74 Å². The number of esters is 1. The Bertz CT molecular complexity index is 808. The predicted molar refractivity (Wildman–Crippen MR) is 97.3 cm³/mol. The molecule has 2 bridgehead atoms. The van der Waals surface area contributed by atoms with Crippen LogP contribution in [0.2, 0.25) is 0 Å². The molecule has 1 aromatic carbocycles. The van der Waals surface area contributed by atoms with Gasteiger partial charge in [-0.2, -0.15) is 0 Å². The van der Waals surface area contributed by atoms with Gasteiger partial charge in [-0.15, -0.1) is 0 Å². The van der Waals surface area contributed by atoms with E-state index in [1.807, 2.05) is 0 Å². The molecule has 7 nitrogen and oxygen atoms in total. The van der Waals surface area contributed by atoms with E-state index in [1.54, 1.807) is 24.3 Å². The van der Waals surface area contributed by atoms with Crippen LogP contribution in [0.15, 0.2) is 24.3 Å². The van der Waals surface area contributed by atoms with Crippen LogP contribution < -0.4 is 10.6 Å². The van der Waals surface area contributed by atoms with Gasteiger partial charge in [0.1, 0.15) is 0 Å². The van der Waals surface area contributed by atoms with Crippen molar-refractivity contribution >= 4 is 27.5 Å². The number of hydrogen-bond acceptors (Lipinski definition) is 5. The molecule has 8 heteroatoms. The second kappa shape index (κ2) is 7.26. The van der Waals surface area contributed by atoms with Gasteiger partial charge in [0.05, 0.1) is 18.8 Å². The van der Waals surface area contributed by atoms with Crippen LogP contribution in [-0.4, -0.2) is 39.8 Å². The number of carbonyl (C=O) groups is 2. The first-order chi connectivity index (χ1) is 12.3. The van der Waals surface area contributed by atoms with Crippen LogP contribution in [0.3, 0.4) is 0 Å². The fourth-order valence-electron chi connectivity index (χ4n) is 4.33. The molecule has 2 amide bonds. The molecule has 0 aromatic heterocycles. The van der Waals surface area contributed by atoms with Crippen molar-refractivity contribution in [3.8, 4) is 0 Å². The summed E-state index contributed by atoms with van der Waals surface area (Å²) in [6.07, 6.45) is 4.11. The van der Waals surface area contributed by atoms with Crippen LogP contribution in [-0.2, 0) is 25.1 Å². The molecule has 2 aliphatic rings. The highest BCUT2D eigenvalue weighted by molar-refractivity contribution is 7.89. The highest BCUT2D eigenvalue weighted by Crippen LogP contribution is 2.48. The lowest BCUT2D eigenvalue weighted by molar-refractivity contribution is -0.148. The molecule has 4 atom stereocenters. The summed E-state index contributed by atoms with van der Waals surface area (Å²) >= 11 is 0. The normalized spacial score (nSPS) is 27.2. The van der Waals surface area contributed by atoms with Crippen molar-refractivity contribution in [2.45, 2.75) is 31.1 Å². The van der Waals surface area contributed by atoms with Gasteiger partial charge in [0, 0.05) is 18.0 Å². The number of ether oxygens (including phenoxy) is 1. The number of hydrogen-bond donors (Lipinski definition) is 2. The molecule has 0 saturated heterocycles. The number of nitrogens with one attached hydrogen (secondary N) is 2. The summed E-state index contributed by atoms with van der Waals surface area (Å²) < 4.78 is 27.8. The maximum Gasteiger partial charge on any atom is 0.319 e. The Hall–Kier alpha value is -2.09. The third-order valence-electron chi connectivity index (χ3n) is 5.30. The summed E-state index contributed by atoms with van der Waals surface area (Å²) in [4.78, 5) is 24.5. The number of methoxy groups -OCH3 is 1. The van der Waals surface area contributed by atoms with Gasteiger partial charge in [0.25, 0.3) is 0 Å². The fourth-order valence-corrected chi connectivity index (χ4v) is 5.12. The number of urea groups is 1. The summed E-state index contributed by atoms with van der Waals surface area (Å²) in [5.41, 5.74) is 1.12. The van der Waals surface area contributed by atoms with Gasteiger partial charge in [-0.25, -0.2) is 13.2 Å². The van der Waals surface area contributed by atoms with Crippen LogP contribution in [0.5, 0.6) is 0 Å². The number of anilines is 1. The molecule has 0 spiro atoms. The van der Waals surface area contributed by atoms with E-state index in [1.165, 1.54) is 13.4 Å². The summed E-state index contributed by atoms with van der Waals surface area (Å²) in [6.45, 7) is 0. The van der Waals surface area contributed by atoms with Crippen molar-refractivity contribution in [3.63, 3.8) is 0 Å². The minimum absolute atomic E-state index is 0.0824. The minimum Gasteiger partial charge on any atom is -0.469 e. The van der Waals surface area contributed by atoms with Gasteiger partial charge >= 0.3 is 12.0 Å². The summed E-state index contributed by atoms with van der Waals surface area (Å²) in [5.74, 6) is -0.0676. The third kappa shape index (κ3) is 4.17. The number of fused-ring (bicyclic) bond motifs is 2. The molecule has 2 fully saturated rings. The third-order valence-corrected chi connectivity index (χ3v) is 6.16. The zero-order valence-electron chi connectivity index (χ0n) is 14.9. The van der Waals surface area contributed by atoms with E-state index >= 15 is 0 Å². The largest absolute Gasteiger partial charge is 0.469 e. The van der Waals surface area contributed by atoms with Crippen molar-refractivity contribution in [1.82, 2.24) is 5.32 Å². The summed E-state index contributed by atoms with van der Waals surface area (Å²) in [6, 6.07) is 6.12. The first-order valence-corrected chi connectivity index (χ1v) is 10.7. The topological polar surface area (TPSA) is 102 Å². The van der Waals surface area contributed by atoms with E-state index in [-0.39, 0.29) is 29.6 Å². The standard InChI is InChI=1S/C18H24N2O5S/c1-25-17(21)15-12-6-7-13(9-12)16(15)20-18(22)19-14-5-3-4-11(8-14)10-26(2,23)24/h3-5,8,12-13,15-16H,6-7,9-10H2,1-2H3,(H2,19,20,22)/t12-,13-,15+,16-/m0/s1. The zero-order chi connectivity index (χ0) is 18.9. The van der Waals surface area contributed by atoms with E-state index in [0.29, 0.717) is 17.2 Å². The molecular formula is C18H24N2O5S. The first kappa shape index (κ1) is 18.7. The molecule has 2 aliphatic carbocycles. The fraction of sp³-hybridized carbons (Fsp3) is 0.556. The van der Waals surface area contributed by atoms with Crippen molar-refractivity contribution in [3.05, 3.63) is 29.8 Å². The van der Waals surface area contributed by atoms with E-state index in [0.717, 1.165) is 19.3 Å². The first-order valence-electron chi connectivity index (χ1n) is 8.69.